The van der Waals surface area contributed by atoms with E-state index in [0.29, 0.717) is 12.8 Å². The van der Waals surface area contributed by atoms with Crippen molar-refractivity contribution in [1.82, 2.24) is 0 Å². The zero-order valence-corrected chi connectivity index (χ0v) is 41.7. The Morgan fingerprint density at radius 3 is 1.40 bits per heavy atom. The normalized spacial score (nSPS) is 19.8. The number of allylic oxidation sites excluding steroid dienone is 6. The minimum Gasteiger partial charge on any atom is -0.462 e. The van der Waals surface area contributed by atoms with Crippen LogP contribution in [0.3, 0.4) is 0 Å². The molecule has 0 aromatic carbocycles. The van der Waals surface area contributed by atoms with Gasteiger partial charge in [0.15, 0.2) is 12.4 Å². The number of hydrogen-bond acceptors (Lipinski definition) is 11. The molecule has 1 fully saturated rings. The van der Waals surface area contributed by atoms with Crippen LogP contribution in [-0.4, -0.2) is 96.0 Å². The molecular formula is C52H94O12S. The highest BCUT2D eigenvalue weighted by atomic mass is 32.2. The molecule has 13 heteroatoms. The molecule has 1 saturated heterocycles. The fraction of sp³-hybridized carbons (Fsp3) is 0.846. The van der Waals surface area contributed by atoms with Gasteiger partial charge in [-0.05, 0) is 51.4 Å². The van der Waals surface area contributed by atoms with Gasteiger partial charge in [-0.2, -0.15) is 8.42 Å². The van der Waals surface area contributed by atoms with Crippen LogP contribution < -0.4 is 0 Å². The Labute approximate surface area is 395 Å². The van der Waals surface area contributed by atoms with Crippen molar-refractivity contribution in [3.05, 3.63) is 36.5 Å². The van der Waals surface area contributed by atoms with Crippen molar-refractivity contribution < 1.29 is 56.8 Å². The summed E-state index contributed by atoms with van der Waals surface area (Å²) in [6.45, 7) is 3.73. The lowest BCUT2D eigenvalue weighted by Gasteiger charge is -2.40. The highest BCUT2D eigenvalue weighted by molar-refractivity contribution is 7.85. The van der Waals surface area contributed by atoms with E-state index in [-0.39, 0.29) is 19.4 Å². The molecule has 0 aromatic rings. The summed E-state index contributed by atoms with van der Waals surface area (Å²) in [6, 6.07) is 0. The Balaban J connectivity index is 2.36. The SMILES string of the molecule is CCCCC/C=C/C/C=C/C/C=C/CCCCC(=O)OC[C@H](CO[C@H]1O[C@H](CS(=O)(=O)O)[C@@H](O)C(O)C1O)OC(=O)CCCCCCCCCCCCCCCCCCCCCCCC. The first-order valence-electron chi connectivity index (χ1n) is 26.0. The number of unbranched alkanes of at least 4 members (excludes halogenated alkanes) is 26. The van der Waals surface area contributed by atoms with E-state index in [4.69, 9.17) is 18.9 Å². The lowest BCUT2D eigenvalue weighted by atomic mass is 10.00. The molecule has 1 heterocycles. The average molecular weight is 943 g/mol. The molecule has 0 radical (unpaired) electrons. The van der Waals surface area contributed by atoms with Crippen LogP contribution >= 0.6 is 0 Å². The van der Waals surface area contributed by atoms with E-state index in [1.54, 1.807) is 0 Å². The Bertz CT molecular complexity index is 1330. The Morgan fingerprint density at radius 1 is 0.523 bits per heavy atom. The van der Waals surface area contributed by atoms with Gasteiger partial charge in [0.2, 0.25) is 0 Å². The Kier molecular flexibility index (Phi) is 39.4. The number of esters is 2. The van der Waals surface area contributed by atoms with Crippen LogP contribution in [-0.2, 0) is 38.7 Å². The van der Waals surface area contributed by atoms with E-state index in [2.05, 4.69) is 50.3 Å². The summed E-state index contributed by atoms with van der Waals surface area (Å²) in [6.07, 6.45) is 40.5. The van der Waals surface area contributed by atoms with Gasteiger partial charge in [0.05, 0.1) is 6.61 Å². The topological polar surface area (TPSA) is 186 Å². The zero-order chi connectivity index (χ0) is 47.6. The van der Waals surface area contributed by atoms with Gasteiger partial charge in [0, 0.05) is 12.8 Å². The van der Waals surface area contributed by atoms with E-state index in [9.17, 15) is 37.9 Å². The number of aliphatic hydroxyl groups is 3. The van der Waals surface area contributed by atoms with Gasteiger partial charge >= 0.3 is 11.9 Å². The Morgan fingerprint density at radius 2 is 0.923 bits per heavy atom. The van der Waals surface area contributed by atoms with Crippen LogP contribution in [0, 0.1) is 0 Å². The van der Waals surface area contributed by atoms with Crippen molar-refractivity contribution in [3.8, 4) is 0 Å². The quantitative estimate of drug-likeness (QED) is 0.0196. The molecule has 0 spiro atoms. The standard InChI is InChI=1S/C52H94O12S/c1-3-5-7-9-11-13-15-17-19-20-21-22-23-24-25-27-29-31-33-35-37-39-41-48(54)63-45(43-62-52-51(57)50(56)49(55)46(64-52)44-65(58,59)60)42-61-47(53)40-38-36-34-32-30-28-26-18-16-14-12-10-8-6-4-2/h12,14,18,26,30,32,45-46,49-52,55-57H,3-11,13,15-17,19-25,27-29,31,33-44H2,1-2H3,(H,58,59,60)/b14-12+,26-18+,32-30+/t45-,46-,49-,50?,51?,52+/m1/s1. The van der Waals surface area contributed by atoms with E-state index < -0.39 is 71.2 Å². The van der Waals surface area contributed by atoms with E-state index in [1.807, 2.05) is 0 Å². The summed E-state index contributed by atoms with van der Waals surface area (Å²) in [5.41, 5.74) is 0. The molecule has 2 unspecified atom stereocenters. The van der Waals surface area contributed by atoms with Gasteiger partial charge in [-0.15, -0.1) is 0 Å². The number of hydrogen-bond donors (Lipinski definition) is 4. The highest BCUT2D eigenvalue weighted by Gasteiger charge is 2.46. The summed E-state index contributed by atoms with van der Waals surface area (Å²) in [7, 11) is -4.61. The molecule has 1 aliphatic heterocycles. The fourth-order valence-electron chi connectivity index (χ4n) is 7.92. The number of rotatable bonds is 44. The molecule has 380 valence electrons. The summed E-state index contributed by atoms with van der Waals surface area (Å²) < 4.78 is 54.2. The first-order valence-corrected chi connectivity index (χ1v) is 27.7. The van der Waals surface area contributed by atoms with Crippen molar-refractivity contribution in [1.29, 1.82) is 0 Å². The summed E-state index contributed by atoms with van der Waals surface area (Å²) in [4.78, 5) is 25.5. The first kappa shape index (κ1) is 60.9. The number of ether oxygens (including phenoxy) is 4. The van der Waals surface area contributed by atoms with E-state index >= 15 is 0 Å². The smallest absolute Gasteiger partial charge is 0.306 e. The molecule has 0 bridgehead atoms. The van der Waals surface area contributed by atoms with Gasteiger partial charge < -0.3 is 34.3 Å². The molecule has 0 amide bonds. The van der Waals surface area contributed by atoms with E-state index in [1.165, 1.54) is 135 Å². The molecular weight excluding hydrogens is 849 g/mol. The molecule has 0 aromatic heterocycles. The van der Waals surface area contributed by atoms with Gasteiger partial charge in [-0.25, -0.2) is 0 Å². The number of carbonyl (C=O) groups excluding carboxylic acids is 2. The third-order valence-corrected chi connectivity index (χ3v) is 12.7. The van der Waals surface area contributed by atoms with E-state index in [0.717, 1.165) is 51.4 Å². The monoisotopic (exact) mass is 943 g/mol. The van der Waals surface area contributed by atoms with Crippen molar-refractivity contribution in [2.45, 2.75) is 263 Å². The summed E-state index contributed by atoms with van der Waals surface area (Å²) >= 11 is 0. The number of aliphatic hydroxyl groups excluding tert-OH is 3. The van der Waals surface area contributed by atoms with Crippen LogP contribution in [0.15, 0.2) is 36.5 Å². The van der Waals surface area contributed by atoms with Crippen molar-refractivity contribution in [2.75, 3.05) is 19.0 Å². The molecule has 6 atom stereocenters. The lowest BCUT2D eigenvalue weighted by molar-refractivity contribution is -0.297. The average Bonchev–Trinajstić information content (AvgIpc) is 3.27. The van der Waals surface area contributed by atoms with Crippen LogP contribution in [0.2, 0.25) is 0 Å². The highest BCUT2D eigenvalue weighted by Crippen LogP contribution is 2.24. The minimum absolute atomic E-state index is 0.160. The predicted molar refractivity (Wildman–Crippen MR) is 261 cm³/mol. The van der Waals surface area contributed by atoms with Gasteiger partial charge in [-0.1, -0.05) is 198 Å². The van der Waals surface area contributed by atoms with Crippen molar-refractivity contribution in [3.63, 3.8) is 0 Å². The molecule has 4 N–H and O–H groups in total. The van der Waals surface area contributed by atoms with Crippen molar-refractivity contribution in [2.24, 2.45) is 0 Å². The third kappa shape index (κ3) is 36.6. The van der Waals surface area contributed by atoms with Gasteiger partial charge in [0.1, 0.15) is 36.8 Å². The van der Waals surface area contributed by atoms with Crippen LogP contribution in [0.1, 0.15) is 226 Å². The molecule has 12 nitrogen and oxygen atoms in total. The second kappa shape index (κ2) is 42.0. The lowest BCUT2D eigenvalue weighted by Crippen LogP contribution is -2.60. The largest absolute Gasteiger partial charge is 0.462 e. The fourth-order valence-corrected chi connectivity index (χ4v) is 8.61. The molecule has 65 heavy (non-hydrogen) atoms. The van der Waals surface area contributed by atoms with Gasteiger partial charge in [0.25, 0.3) is 10.1 Å². The summed E-state index contributed by atoms with van der Waals surface area (Å²) in [5.74, 6) is -2.02. The third-order valence-electron chi connectivity index (χ3n) is 12.0. The van der Waals surface area contributed by atoms with Crippen LogP contribution in [0.25, 0.3) is 0 Å². The molecule has 1 rings (SSSR count). The van der Waals surface area contributed by atoms with Crippen LogP contribution in [0.5, 0.6) is 0 Å². The molecule has 0 aliphatic carbocycles. The van der Waals surface area contributed by atoms with Crippen molar-refractivity contribution >= 4 is 22.1 Å². The predicted octanol–water partition coefficient (Wildman–Crippen LogP) is 11.7. The maximum Gasteiger partial charge on any atom is 0.306 e. The zero-order valence-electron chi connectivity index (χ0n) is 40.8. The molecule has 1 aliphatic rings. The second-order valence-corrected chi connectivity index (χ2v) is 19.7. The maximum atomic E-state index is 12.9. The summed E-state index contributed by atoms with van der Waals surface area (Å²) in [5, 5.41) is 31.0. The van der Waals surface area contributed by atoms with Crippen LogP contribution in [0.4, 0.5) is 0 Å². The first-order chi connectivity index (χ1) is 31.5. The minimum atomic E-state index is -4.61. The van der Waals surface area contributed by atoms with Gasteiger partial charge in [-0.3, -0.25) is 14.1 Å². The maximum absolute atomic E-state index is 12.9. The Hall–Kier alpha value is -2.13. The second-order valence-electron chi connectivity index (χ2n) is 18.2. The number of carbonyl (C=O) groups is 2. The molecule has 0 saturated carbocycles.